The highest BCUT2D eigenvalue weighted by Gasteiger charge is 2.16. The van der Waals surface area contributed by atoms with Crippen molar-refractivity contribution in [3.05, 3.63) is 43.0 Å². The van der Waals surface area contributed by atoms with Crippen molar-refractivity contribution in [2.75, 3.05) is 13.7 Å². The van der Waals surface area contributed by atoms with Crippen molar-refractivity contribution < 1.29 is 9.53 Å². The number of carbonyl (C=O) groups excluding carboxylic acids is 1. The third-order valence-corrected chi connectivity index (χ3v) is 6.94. The van der Waals surface area contributed by atoms with Gasteiger partial charge in [0, 0.05) is 56.7 Å². The average Bonchev–Trinajstić information content (AvgIpc) is 3.33. The fourth-order valence-corrected chi connectivity index (χ4v) is 4.20. The number of hydrogen-bond acceptors (Lipinski definition) is 5. The van der Waals surface area contributed by atoms with Crippen molar-refractivity contribution in [1.82, 2.24) is 29.6 Å². The fourth-order valence-electron chi connectivity index (χ4n) is 3.44. The number of fused-ring (bicyclic) bond motifs is 3. The number of carbonyl (C=O) groups is 1. The molecule has 0 fully saturated rings. The second-order valence-electron chi connectivity index (χ2n) is 8.84. The Bertz CT molecular complexity index is 1220. The molecule has 0 aliphatic heterocycles. The molecule has 0 aliphatic carbocycles. The van der Waals surface area contributed by atoms with Crippen LogP contribution in [0.25, 0.3) is 33.2 Å². The normalized spacial score (nSPS) is 12.0. The molecule has 1 amide bonds. The van der Waals surface area contributed by atoms with Crippen LogP contribution in [0.1, 0.15) is 0 Å². The molecule has 0 radical (unpaired) electrons. The predicted molar refractivity (Wildman–Crippen MR) is 124 cm³/mol. The van der Waals surface area contributed by atoms with Crippen LogP contribution in [0.5, 0.6) is 0 Å². The molecule has 0 saturated heterocycles. The van der Waals surface area contributed by atoms with E-state index in [0.717, 1.165) is 45.8 Å². The lowest BCUT2D eigenvalue weighted by atomic mass is 10.2. The Kier molecular flexibility index (Phi) is 5.88. The van der Waals surface area contributed by atoms with Crippen molar-refractivity contribution in [3.8, 4) is 11.3 Å². The predicted octanol–water partition coefficient (Wildman–Crippen LogP) is 3.51. The maximum atomic E-state index is 11.6. The van der Waals surface area contributed by atoms with Crippen LogP contribution in [0, 0.1) is 0 Å². The SMILES string of the molecule is CNC(=O)Cn1cc(-c2ccc3c4cnccc4n(COCC[Si](C)(C)C)c3n2)cn1. The number of pyridine rings is 2. The molecule has 1 N–H and O–H groups in total. The summed E-state index contributed by atoms with van der Waals surface area (Å²) in [6.07, 6.45) is 7.24. The molecule has 4 heterocycles. The van der Waals surface area contributed by atoms with E-state index < -0.39 is 8.07 Å². The molecule has 162 valence electrons. The van der Waals surface area contributed by atoms with E-state index in [0.29, 0.717) is 6.73 Å². The Balaban J connectivity index is 1.68. The van der Waals surface area contributed by atoms with Gasteiger partial charge in [0.05, 0.1) is 17.4 Å². The van der Waals surface area contributed by atoms with Gasteiger partial charge in [-0.1, -0.05) is 19.6 Å². The summed E-state index contributed by atoms with van der Waals surface area (Å²) >= 11 is 0. The molecule has 0 spiro atoms. The Morgan fingerprint density at radius 1 is 1.16 bits per heavy atom. The molecule has 0 bridgehead atoms. The number of amides is 1. The monoisotopic (exact) mass is 436 g/mol. The molecule has 0 aromatic carbocycles. The van der Waals surface area contributed by atoms with Gasteiger partial charge in [0.25, 0.3) is 0 Å². The number of aromatic nitrogens is 5. The highest BCUT2D eigenvalue weighted by molar-refractivity contribution is 6.76. The number of hydrogen-bond donors (Lipinski definition) is 1. The average molecular weight is 437 g/mol. The van der Waals surface area contributed by atoms with E-state index >= 15 is 0 Å². The molecule has 0 aliphatic rings. The maximum absolute atomic E-state index is 11.6. The molecule has 0 saturated carbocycles. The van der Waals surface area contributed by atoms with Crippen LogP contribution in [0.3, 0.4) is 0 Å². The first kappa shape index (κ1) is 21.2. The highest BCUT2D eigenvalue weighted by Crippen LogP contribution is 2.29. The van der Waals surface area contributed by atoms with Crippen LogP contribution in [0.15, 0.2) is 43.0 Å². The van der Waals surface area contributed by atoms with Crippen molar-refractivity contribution in [2.24, 2.45) is 0 Å². The first-order valence-electron chi connectivity index (χ1n) is 10.4. The van der Waals surface area contributed by atoms with Gasteiger partial charge in [0.15, 0.2) is 0 Å². The van der Waals surface area contributed by atoms with Gasteiger partial charge >= 0.3 is 0 Å². The topological polar surface area (TPSA) is 86.9 Å². The number of rotatable bonds is 8. The van der Waals surface area contributed by atoms with Crippen LogP contribution in [-0.4, -0.2) is 52.0 Å². The third-order valence-electron chi connectivity index (χ3n) is 5.24. The Morgan fingerprint density at radius 3 is 2.77 bits per heavy atom. The van der Waals surface area contributed by atoms with Gasteiger partial charge in [-0.15, -0.1) is 0 Å². The summed E-state index contributed by atoms with van der Waals surface area (Å²) in [6.45, 7) is 8.41. The Morgan fingerprint density at radius 2 is 2.00 bits per heavy atom. The standard InChI is InChI=1S/C22H28N6O2Si/c1-23-21(29)14-27-13-16(11-25-27)19-6-5-17-18-12-24-8-7-20(18)28(22(17)26-19)15-30-9-10-31(2,3)4/h5-8,11-13H,9-10,14-15H2,1-4H3,(H,23,29). The lowest BCUT2D eigenvalue weighted by molar-refractivity contribution is -0.121. The van der Waals surface area contributed by atoms with Gasteiger partial charge < -0.3 is 14.6 Å². The van der Waals surface area contributed by atoms with E-state index in [-0.39, 0.29) is 12.5 Å². The van der Waals surface area contributed by atoms with Gasteiger partial charge in [0.2, 0.25) is 5.91 Å². The number of likely N-dealkylation sites (N-methyl/N-ethyl adjacent to an activating group) is 1. The lowest BCUT2D eigenvalue weighted by Crippen LogP contribution is -2.23. The molecule has 4 aromatic rings. The summed E-state index contributed by atoms with van der Waals surface area (Å²) in [5, 5.41) is 8.99. The van der Waals surface area contributed by atoms with E-state index in [1.807, 2.05) is 24.5 Å². The molecule has 4 rings (SSSR count). The van der Waals surface area contributed by atoms with Gasteiger partial charge in [-0.3, -0.25) is 14.5 Å². The van der Waals surface area contributed by atoms with Crippen molar-refractivity contribution in [1.29, 1.82) is 0 Å². The van der Waals surface area contributed by atoms with Crippen LogP contribution in [0.2, 0.25) is 25.7 Å². The van der Waals surface area contributed by atoms with E-state index in [9.17, 15) is 4.79 Å². The van der Waals surface area contributed by atoms with Crippen LogP contribution in [-0.2, 0) is 22.8 Å². The zero-order chi connectivity index (χ0) is 22.0. The van der Waals surface area contributed by atoms with Gasteiger partial charge in [-0.05, 0) is 24.2 Å². The third kappa shape index (κ3) is 4.67. The molecular weight excluding hydrogens is 408 g/mol. The van der Waals surface area contributed by atoms with E-state index in [1.165, 1.54) is 0 Å². The quantitative estimate of drug-likeness (QED) is 0.337. The maximum Gasteiger partial charge on any atom is 0.241 e. The molecule has 4 aromatic heterocycles. The van der Waals surface area contributed by atoms with Crippen molar-refractivity contribution in [3.63, 3.8) is 0 Å². The van der Waals surface area contributed by atoms with Gasteiger partial charge in [-0.25, -0.2) is 4.98 Å². The smallest absolute Gasteiger partial charge is 0.241 e. The summed E-state index contributed by atoms with van der Waals surface area (Å²) in [6, 6.07) is 7.16. The number of nitrogens with zero attached hydrogens (tertiary/aromatic N) is 5. The minimum atomic E-state index is -1.15. The molecular formula is C22H28N6O2Si. The number of nitrogens with one attached hydrogen (secondary N) is 1. The molecule has 9 heteroatoms. The summed E-state index contributed by atoms with van der Waals surface area (Å²) in [7, 11) is 0.463. The fraction of sp³-hybridized carbons (Fsp3) is 0.364. The van der Waals surface area contributed by atoms with Crippen LogP contribution >= 0.6 is 0 Å². The first-order chi connectivity index (χ1) is 14.9. The first-order valence-corrected chi connectivity index (χ1v) is 14.1. The van der Waals surface area contributed by atoms with Gasteiger partial charge in [-0.2, -0.15) is 5.10 Å². The number of ether oxygens (including phenoxy) is 1. The van der Waals surface area contributed by atoms with Crippen LogP contribution in [0.4, 0.5) is 0 Å². The van der Waals surface area contributed by atoms with Crippen molar-refractivity contribution in [2.45, 2.75) is 39.0 Å². The zero-order valence-corrected chi connectivity index (χ0v) is 19.4. The summed E-state index contributed by atoms with van der Waals surface area (Å²) in [5.41, 5.74) is 3.57. The molecule has 0 unspecified atom stereocenters. The summed E-state index contributed by atoms with van der Waals surface area (Å²) in [5.74, 6) is -0.0962. The Hall–Kier alpha value is -3.04. The molecule has 8 nitrogen and oxygen atoms in total. The lowest BCUT2D eigenvalue weighted by Gasteiger charge is -2.16. The minimum absolute atomic E-state index is 0.0962. The zero-order valence-electron chi connectivity index (χ0n) is 18.4. The largest absolute Gasteiger partial charge is 0.361 e. The Labute approximate surface area is 182 Å². The van der Waals surface area contributed by atoms with Gasteiger partial charge in [0.1, 0.15) is 18.9 Å². The van der Waals surface area contributed by atoms with Crippen LogP contribution < -0.4 is 5.32 Å². The van der Waals surface area contributed by atoms with E-state index in [1.54, 1.807) is 24.1 Å². The second kappa shape index (κ2) is 8.60. The van der Waals surface area contributed by atoms with Crippen molar-refractivity contribution >= 4 is 35.9 Å². The minimum Gasteiger partial charge on any atom is -0.361 e. The van der Waals surface area contributed by atoms with E-state index in [4.69, 9.17) is 9.72 Å². The highest BCUT2D eigenvalue weighted by atomic mass is 28.3. The summed E-state index contributed by atoms with van der Waals surface area (Å²) in [4.78, 5) is 20.9. The molecule has 0 atom stereocenters. The van der Waals surface area contributed by atoms with E-state index in [2.05, 4.69) is 45.7 Å². The summed E-state index contributed by atoms with van der Waals surface area (Å²) < 4.78 is 9.77. The second-order valence-corrected chi connectivity index (χ2v) is 14.5. The molecule has 31 heavy (non-hydrogen) atoms.